The molecule has 0 radical (unpaired) electrons. The minimum absolute atomic E-state index is 0.154. The summed E-state index contributed by atoms with van der Waals surface area (Å²) in [7, 11) is -3.72. The number of benzene rings is 2. The number of halogens is 1. The largest absolute Gasteiger partial charge is 0.409 e. The number of sulfonamides is 1. The third kappa shape index (κ3) is 4.99. The highest BCUT2D eigenvalue weighted by Crippen LogP contribution is 2.42. The van der Waals surface area contributed by atoms with Crippen molar-refractivity contribution in [2.45, 2.75) is 62.4 Å². The van der Waals surface area contributed by atoms with E-state index in [1.54, 1.807) is 40.7 Å². The Hall–Kier alpha value is -2.45. The fourth-order valence-corrected chi connectivity index (χ4v) is 5.95. The van der Waals surface area contributed by atoms with Gasteiger partial charge in [0.05, 0.1) is 10.9 Å². The first-order valence-corrected chi connectivity index (χ1v) is 11.6. The van der Waals surface area contributed by atoms with Gasteiger partial charge in [-0.15, -0.1) is 0 Å². The Morgan fingerprint density at radius 2 is 1.80 bits per heavy atom. The quantitative estimate of drug-likeness (QED) is 0.213. The molecule has 0 aliphatic carbocycles. The minimum atomic E-state index is -3.72. The second-order valence-corrected chi connectivity index (χ2v) is 9.63. The van der Waals surface area contributed by atoms with Gasteiger partial charge >= 0.3 is 0 Å². The molecule has 1 saturated heterocycles. The van der Waals surface area contributed by atoms with Crippen LogP contribution in [-0.4, -0.2) is 29.8 Å². The molecule has 3 rings (SSSR count). The molecule has 1 fully saturated rings. The first-order chi connectivity index (χ1) is 14.3. The van der Waals surface area contributed by atoms with Crippen LogP contribution in [-0.2, 0) is 10.0 Å². The van der Waals surface area contributed by atoms with Gasteiger partial charge in [0.25, 0.3) is 0 Å². The van der Waals surface area contributed by atoms with Gasteiger partial charge in [0.1, 0.15) is 11.7 Å². The van der Waals surface area contributed by atoms with Crippen molar-refractivity contribution in [1.29, 1.82) is 0 Å². The maximum Gasteiger partial charge on any atom is 0.243 e. The number of nitrogens with two attached hydrogens (primary N) is 1. The Labute approximate surface area is 177 Å². The predicted octanol–water partition coefficient (Wildman–Crippen LogP) is 4.34. The van der Waals surface area contributed by atoms with Crippen LogP contribution in [0.5, 0.6) is 0 Å². The summed E-state index contributed by atoms with van der Waals surface area (Å²) in [5, 5.41) is 11.6. The minimum Gasteiger partial charge on any atom is -0.409 e. The molecular weight excluding hydrogens is 405 g/mol. The number of amidine groups is 1. The molecule has 2 unspecified atom stereocenters. The number of nitrogens with zero attached hydrogens (tertiary/aromatic N) is 2. The van der Waals surface area contributed by atoms with Crippen molar-refractivity contribution in [3.8, 4) is 0 Å². The lowest BCUT2D eigenvalue weighted by molar-refractivity contribution is 0.306. The van der Waals surface area contributed by atoms with Crippen LogP contribution in [0.15, 0.2) is 58.6 Å². The van der Waals surface area contributed by atoms with E-state index in [4.69, 9.17) is 10.9 Å². The molecule has 162 valence electrons. The van der Waals surface area contributed by atoms with Gasteiger partial charge in [0, 0.05) is 12.5 Å². The summed E-state index contributed by atoms with van der Waals surface area (Å²) < 4.78 is 42.2. The van der Waals surface area contributed by atoms with Crippen molar-refractivity contribution in [2.24, 2.45) is 10.9 Å². The number of hydrogen-bond acceptors (Lipinski definition) is 4. The maximum absolute atomic E-state index is 13.6. The summed E-state index contributed by atoms with van der Waals surface area (Å²) >= 11 is 0. The Bertz CT molecular complexity index is 976. The third-order valence-electron chi connectivity index (χ3n) is 5.64. The molecule has 0 amide bonds. The summed E-state index contributed by atoms with van der Waals surface area (Å²) in [6.45, 7) is 1.91. The molecular formula is C22H28FN3O3S. The van der Waals surface area contributed by atoms with Crippen LogP contribution in [0.3, 0.4) is 0 Å². The average Bonchev–Trinajstić information content (AvgIpc) is 3.16. The molecule has 6 nitrogen and oxygen atoms in total. The Morgan fingerprint density at radius 1 is 1.13 bits per heavy atom. The second kappa shape index (κ2) is 9.57. The van der Waals surface area contributed by atoms with Crippen LogP contribution in [0.25, 0.3) is 0 Å². The van der Waals surface area contributed by atoms with Crippen molar-refractivity contribution in [3.63, 3.8) is 0 Å². The van der Waals surface area contributed by atoms with Gasteiger partial charge in [-0.25, -0.2) is 12.8 Å². The van der Waals surface area contributed by atoms with Crippen LogP contribution < -0.4 is 5.73 Å². The first-order valence-electron chi connectivity index (χ1n) is 10.1. The van der Waals surface area contributed by atoms with Crippen molar-refractivity contribution >= 4 is 15.9 Å². The van der Waals surface area contributed by atoms with E-state index in [2.05, 4.69) is 5.16 Å². The highest BCUT2D eigenvalue weighted by molar-refractivity contribution is 7.89. The first kappa shape index (κ1) is 22.2. The molecule has 2 atom stereocenters. The SMILES string of the molecule is Cc1ccc(S(=O)(=O)N2C(CCCC/C(N)=N\O)CCC2c2ccc(F)cc2)cc1. The molecule has 1 heterocycles. The molecule has 8 heteroatoms. The fraction of sp³-hybridized carbons (Fsp3) is 0.409. The van der Waals surface area contributed by atoms with Crippen LogP contribution in [0, 0.1) is 12.7 Å². The van der Waals surface area contributed by atoms with Crippen molar-refractivity contribution < 1.29 is 18.0 Å². The lowest BCUT2D eigenvalue weighted by atomic mass is 10.0. The van der Waals surface area contributed by atoms with Crippen molar-refractivity contribution in [3.05, 3.63) is 65.5 Å². The predicted molar refractivity (Wildman–Crippen MR) is 114 cm³/mol. The summed E-state index contributed by atoms with van der Waals surface area (Å²) in [6.07, 6.45) is 4.04. The molecule has 3 N–H and O–H groups in total. The number of rotatable bonds is 8. The number of aryl methyl sites for hydroxylation is 1. The zero-order valence-corrected chi connectivity index (χ0v) is 17.9. The molecule has 2 aromatic carbocycles. The average molecular weight is 434 g/mol. The van der Waals surface area contributed by atoms with E-state index >= 15 is 0 Å². The zero-order chi connectivity index (χ0) is 21.7. The fourth-order valence-electron chi connectivity index (χ4n) is 4.06. The van der Waals surface area contributed by atoms with Gasteiger partial charge in [-0.1, -0.05) is 41.4 Å². The molecule has 0 spiro atoms. The lowest BCUT2D eigenvalue weighted by Gasteiger charge is -2.30. The Morgan fingerprint density at radius 3 is 2.43 bits per heavy atom. The van der Waals surface area contributed by atoms with Crippen LogP contribution in [0.2, 0.25) is 0 Å². The molecule has 1 aliphatic heterocycles. The van der Waals surface area contributed by atoms with Gasteiger partial charge in [-0.3, -0.25) is 0 Å². The van der Waals surface area contributed by atoms with Crippen LogP contribution in [0.4, 0.5) is 4.39 Å². The Kier molecular flexibility index (Phi) is 7.10. The highest BCUT2D eigenvalue weighted by Gasteiger charge is 2.42. The summed E-state index contributed by atoms with van der Waals surface area (Å²) in [4.78, 5) is 0.267. The number of unbranched alkanes of at least 4 members (excludes halogenated alkanes) is 1. The van der Waals surface area contributed by atoms with Gasteiger partial charge < -0.3 is 10.9 Å². The topological polar surface area (TPSA) is 96.0 Å². The summed E-state index contributed by atoms with van der Waals surface area (Å²) in [5.41, 5.74) is 7.31. The zero-order valence-electron chi connectivity index (χ0n) is 17.0. The molecule has 0 aromatic heterocycles. The Balaban J connectivity index is 1.87. The van der Waals surface area contributed by atoms with Gasteiger partial charge in [0.15, 0.2) is 0 Å². The monoisotopic (exact) mass is 433 g/mol. The van der Waals surface area contributed by atoms with E-state index in [1.807, 2.05) is 6.92 Å². The molecule has 1 aliphatic rings. The van der Waals surface area contributed by atoms with Crippen molar-refractivity contribution in [1.82, 2.24) is 4.31 Å². The van der Waals surface area contributed by atoms with Crippen LogP contribution >= 0.6 is 0 Å². The number of oxime groups is 1. The normalized spacial score (nSPS) is 20.5. The van der Waals surface area contributed by atoms with E-state index < -0.39 is 10.0 Å². The smallest absolute Gasteiger partial charge is 0.243 e. The van der Waals surface area contributed by atoms with Gasteiger partial charge in [-0.2, -0.15) is 4.31 Å². The van der Waals surface area contributed by atoms with E-state index in [9.17, 15) is 12.8 Å². The number of hydrogen-bond donors (Lipinski definition) is 2. The van der Waals surface area contributed by atoms with E-state index in [0.717, 1.165) is 24.0 Å². The molecule has 30 heavy (non-hydrogen) atoms. The highest BCUT2D eigenvalue weighted by atomic mass is 32.2. The standard InChI is InChI=1S/C22H28FN3O3S/c1-16-6-13-20(14-7-16)30(28,29)26-19(4-2-3-5-22(24)25-27)12-15-21(26)17-8-10-18(23)11-9-17/h6-11,13-14,19,21,27H,2-5,12,15H2,1H3,(H2,24,25). The van der Waals surface area contributed by atoms with E-state index in [1.165, 1.54) is 12.1 Å². The van der Waals surface area contributed by atoms with Crippen LogP contribution in [0.1, 0.15) is 55.7 Å². The summed E-state index contributed by atoms with van der Waals surface area (Å²) in [5.74, 6) is -0.167. The maximum atomic E-state index is 13.6. The molecule has 0 saturated carbocycles. The lowest BCUT2D eigenvalue weighted by Crippen LogP contribution is -2.37. The molecule has 2 aromatic rings. The van der Waals surface area contributed by atoms with E-state index in [-0.39, 0.29) is 28.6 Å². The molecule has 0 bridgehead atoms. The van der Waals surface area contributed by atoms with Gasteiger partial charge in [-0.05, 0) is 62.4 Å². The summed E-state index contributed by atoms with van der Waals surface area (Å²) in [6, 6.07) is 12.5. The second-order valence-electron chi connectivity index (χ2n) is 7.78. The van der Waals surface area contributed by atoms with E-state index in [0.29, 0.717) is 25.7 Å². The van der Waals surface area contributed by atoms with Crippen molar-refractivity contribution in [2.75, 3.05) is 0 Å². The van der Waals surface area contributed by atoms with Gasteiger partial charge in [0.2, 0.25) is 10.0 Å². The third-order valence-corrected chi connectivity index (χ3v) is 7.62.